The normalized spacial score (nSPS) is 24.1. The first kappa shape index (κ1) is 14.0. The highest BCUT2D eigenvalue weighted by atomic mass is 127. The molecule has 1 aliphatic rings. The lowest BCUT2D eigenvalue weighted by Crippen LogP contribution is -2.27. The first-order chi connectivity index (χ1) is 8.70. The van der Waals surface area contributed by atoms with Gasteiger partial charge in [-0.1, -0.05) is 30.9 Å². The van der Waals surface area contributed by atoms with E-state index in [0.29, 0.717) is 0 Å². The molecule has 18 heavy (non-hydrogen) atoms. The van der Waals surface area contributed by atoms with E-state index in [2.05, 4.69) is 34.0 Å². The summed E-state index contributed by atoms with van der Waals surface area (Å²) >= 11 is 8.47. The molecule has 1 aromatic carbocycles. The summed E-state index contributed by atoms with van der Waals surface area (Å²) < 4.78 is 1.15. The summed E-state index contributed by atoms with van der Waals surface area (Å²) in [4.78, 5) is 0. The van der Waals surface area contributed by atoms with Gasteiger partial charge in [0.15, 0.2) is 0 Å². The monoisotopic (exact) mass is 374 g/mol. The van der Waals surface area contributed by atoms with E-state index in [-0.39, 0.29) is 12.0 Å². The lowest BCUT2D eigenvalue weighted by molar-refractivity contribution is 0.514. The van der Waals surface area contributed by atoms with Crippen molar-refractivity contribution in [3.8, 4) is 6.07 Å². The molecule has 2 rings (SSSR count). The zero-order chi connectivity index (χ0) is 13.0. The van der Waals surface area contributed by atoms with Crippen LogP contribution in [-0.2, 0) is 0 Å². The van der Waals surface area contributed by atoms with Crippen LogP contribution in [0.1, 0.15) is 32.1 Å². The maximum absolute atomic E-state index is 9.26. The van der Waals surface area contributed by atoms with Gasteiger partial charge in [-0.15, -0.1) is 0 Å². The quantitative estimate of drug-likeness (QED) is 0.594. The van der Waals surface area contributed by atoms with Crippen LogP contribution in [-0.4, -0.2) is 6.04 Å². The SMILES string of the molecule is N#CC1CCCCCC1Nc1cc(I)ccc1Cl. The van der Waals surface area contributed by atoms with Crippen LogP contribution >= 0.6 is 34.2 Å². The van der Waals surface area contributed by atoms with Crippen molar-refractivity contribution in [3.63, 3.8) is 0 Å². The molecule has 2 unspecified atom stereocenters. The second-order valence-electron chi connectivity index (χ2n) is 4.75. The first-order valence-electron chi connectivity index (χ1n) is 6.32. The summed E-state index contributed by atoms with van der Waals surface area (Å²) in [6.45, 7) is 0. The molecule has 2 atom stereocenters. The van der Waals surface area contributed by atoms with Gasteiger partial charge in [-0.3, -0.25) is 0 Å². The van der Waals surface area contributed by atoms with Crippen LogP contribution in [0.3, 0.4) is 0 Å². The molecule has 0 saturated heterocycles. The van der Waals surface area contributed by atoms with Crippen molar-refractivity contribution in [2.24, 2.45) is 5.92 Å². The first-order valence-corrected chi connectivity index (χ1v) is 7.77. The van der Waals surface area contributed by atoms with Crippen LogP contribution in [0.5, 0.6) is 0 Å². The molecule has 1 aliphatic carbocycles. The van der Waals surface area contributed by atoms with E-state index in [9.17, 15) is 5.26 Å². The van der Waals surface area contributed by atoms with Crippen LogP contribution in [0.25, 0.3) is 0 Å². The Labute approximate surface area is 127 Å². The van der Waals surface area contributed by atoms with Gasteiger partial charge in [0.2, 0.25) is 0 Å². The minimum atomic E-state index is 0.0986. The topological polar surface area (TPSA) is 35.8 Å². The number of rotatable bonds is 2. The molecule has 0 spiro atoms. The molecule has 0 heterocycles. The zero-order valence-electron chi connectivity index (χ0n) is 10.1. The summed E-state index contributed by atoms with van der Waals surface area (Å²) in [6, 6.07) is 8.61. The molecule has 0 amide bonds. The van der Waals surface area contributed by atoms with Crippen LogP contribution in [0, 0.1) is 20.8 Å². The summed E-state index contributed by atoms with van der Waals surface area (Å²) in [5.41, 5.74) is 0.954. The van der Waals surface area contributed by atoms with E-state index in [0.717, 1.165) is 33.5 Å². The Kier molecular flexibility index (Phi) is 5.13. The van der Waals surface area contributed by atoms with Gasteiger partial charge in [-0.05, 0) is 53.6 Å². The molecule has 4 heteroatoms. The average molecular weight is 375 g/mol. The fourth-order valence-corrected chi connectivity index (χ4v) is 3.11. The third-order valence-corrected chi connectivity index (χ3v) is 4.45. The van der Waals surface area contributed by atoms with Gasteiger partial charge in [0.25, 0.3) is 0 Å². The second-order valence-corrected chi connectivity index (χ2v) is 6.40. The molecule has 0 bridgehead atoms. The number of nitrogens with zero attached hydrogens (tertiary/aromatic N) is 1. The fourth-order valence-electron chi connectivity index (χ4n) is 2.44. The van der Waals surface area contributed by atoms with E-state index >= 15 is 0 Å². The van der Waals surface area contributed by atoms with Crippen molar-refractivity contribution in [1.29, 1.82) is 5.26 Å². The van der Waals surface area contributed by atoms with E-state index in [1.165, 1.54) is 12.8 Å². The molecule has 0 aliphatic heterocycles. The van der Waals surface area contributed by atoms with Gasteiger partial charge < -0.3 is 5.32 Å². The summed E-state index contributed by atoms with van der Waals surface area (Å²) in [7, 11) is 0. The Morgan fingerprint density at radius 3 is 2.83 bits per heavy atom. The molecular formula is C14H16ClIN2. The Morgan fingerprint density at radius 2 is 2.06 bits per heavy atom. The van der Waals surface area contributed by atoms with Gasteiger partial charge in [0, 0.05) is 9.61 Å². The van der Waals surface area contributed by atoms with Gasteiger partial charge in [-0.2, -0.15) is 5.26 Å². The fraction of sp³-hybridized carbons (Fsp3) is 0.500. The Balaban J connectivity index is 2.15. The number of benzene rings is 1. The van der Waals surface area contributed by atoms with E-state index in [1.54, 1.807) is 0 Å². The highest BCUT2D eigenvalue weighted by Crippen LogP contribution is 2.30. The summed E-state index contributed by atoms with van der Waals surface area (Å²) in [5, 5.41) is 13.5. The Morgan fingerprint density at radius 1 is 1.28 bits per heavy atom. The number of hydrogen-bond acceptors (Lipinski definition) is 2. The lowest BCUT2D eigenvalue weighted by atomic mass is 9.96. The van der Waals surface area contributed by atoms with Crippen LogP contribution < -0.4 is 5.32 Å². The smallest absolute Gasteiger partial charge is 0.0677 e. The van der Waals surface area contributed by atoms with Crippen molar-refractivity contribution < 1.29 is 0 Å². The number of hydrogen-bond donors (Lipinski definition) is 1. The predicted molar refractivity (Wildman–Crippen MR) is 83.8 cm³/mol. The van der Waals surface area contributed by atoms with E-state index < -0.39 is 0 Å². The number of halogens is 2. The van der Waals surface area contributed by atoms with Crippen molar-refractivity contribution in [2.75, 3.05) is 5.32 Å². The number of nitriles is 1. The van der Waals surface area contributed by atoms with Gasteiger partial charge >= 0.3 is 0 Å². The average Bonchev–Trinajstić information content (AvgIpc) is 2.59. The summed E-state index contributed by atoms with van der Waals surface area (Å²) in [6.07, 6.45) is 5.64. The minimum Gasteiger partial charge on any atom is -0.380 e. The highest BCUT2D eigenvalue weighted by molar-refractivity contribution is 14.1. The van der Waals surface area contributed by atoms with Crippen molar-refractivity contribution in [2.45, 2.75) is 38.1 Å². The van der Waals surface area contributed by atoms with Gasteiger partial charge in [-0.25, -0.2) is 0 Å². The van der Waals surface area contributed by atoms with E-state index in [1.807, 2.05) is 18.2 Å². The zero-order valence-corrected chi connectivity index (χ0v) is 13.0. The molecule has 0 radical (unpaired) electrons. The predicted octanol–water partition coefficient (Wildman–Crippen LogP) is 4.83. The summed E-state index contributed by atoms with van der Waals surface area (Å²) in [5.74, 6) is 0.0986. The highest BCUT2D eigenvalue weighted by Gasteiger charge is 2.23. The van der Waals surface area contributed by atoms with Gasteiger partial charge in [0.1, 0.15) is 0 Å². The van der Waals surface area contributed by atoms with Crippen molar-refractivity contribution in [1.82, 2.24) is 0 Å². The Bertz CT molecular complexity index is 456. The Hall–Kier alpha value is -0.470. The molecular weight excluding hydrogens is 359 g/mol. The van der Waals surface area contributed by atoms with Crippen LogP contribution in [0.4, 0.5) is 5.69 Å². The largest absolute Gasteiger partial charge is 0.380 e. The number of nitrogens with one attached hydrogen (secondary N) is 1. The molecule has 1 aromatic rings. The molecule has 2 nitrogen and oxygen atoms in total. The third kappa shape index (κ3) is 3.52. The van der Waals surface area contributed by atoms with Crippen LogP contribution in [0.2, 0.25) is 5.02 Å². The molecule has 1 fully saturated rings. The minimum absolute atomic E-state index is 0.0986. The molecule has 0 aromatic heterocycles. The van der Waals surface area contributed by atoms with Crippen molar-refractivity contribution in [3.05, 3.63) is 26.8 Å². The lowest BCUT2D eigenvalue weighted by Gasteiger charge is -2.22. The van der Waals surface area contributed by atoms with Crippen molar-refractivity contribution >= 4 is 39.9 Å². The maximum atomic E-state index is 9.26. The molecule has 1 saturated carbocycles. The van der Waals surface area contributed by atoms with Crippen LogP contribution in [0.15, 0.2) is 18.2 Å². The third-order valence-electron chi connectivity index (χ3n) is 3.45. The second kappa shape index (κ2) is 6.63. The maximum Gasteiger partial charge on any atom is 0.0677 e. The number of anilines is 1. The standard InChI is InChI=1S/C14H16ClIN2/c15-12-7-6-11(16)8-14(12)18-13-5-3-1-2-4-10(13)9-17/h6-8,10,13,18H,1-5H2. The van der Waals surface area contributed by atoms with Gasteiger partial charge in [0.05, 0.1) is 22.7 Å². The molecule has 1 N–H and O–H groups in total. The van der Waals surface area contributed by atoms with E-state index in [4.69, 9.17) is 11.6 Å². The molecule has 96 valence electrons.